The fourth-order valence-electron chi connectivity index (χ4n) is 3.47. The highest BCUT2D eigenvalue weighted by Crippen LogP contribution is 2.25. The van der Waals surface area contributed by atoms with Crippen molar-refractivity contribution in [3.63, 3.8) is 0 Å². The minimum absolute atomic E-state index is 0. The van der Waals surface area contributed by atoms with Crippen LogP contribution in [-0.4, -0.2) is 54.3 Å². The lowest BCUT2D eigenvalue weighted by molar-refractivity contribution is -0.142. The van der Waals surface area contributed by atoms with Crippen molar-refractivity contribution >= 4 is 35.8 Å². The normalized spacial score (nSPS) is 21.5. The first-order valence-electron chi connectivity index (χ1n) is 8.68. The van der Waals surface area contributed by atoms with Gasteiger partial charge >= 0.3 is 0 Å². The van der Waals surface area contributed by atoms with E-state index in [1.54, 1.807) is 4.90 Å². The molecule has 0 bridgehead atoms. The molecule has 1 atom stereocenters. The molecule has 25 heavy (non-hydrogen) atoms. The largest absolute Gasteiger partial charge is 0.333 e. The lowest BCUT2D eigenvalue weighted by Gasteiger charge is -2.37. The van der Waals surface area contributed by atoms with Gasteiger partial charge < -0.3 is 15.1 Å². The standard InChI is InChI=1S/C18H24ClN3O2.ClH/c19-15-6-4-5-14(11-15)16-12-20-8-10-22(16)18(24)13-21-9-3-1-2-7-17(21)23;/h4-6,11,16,20H,1-3,7-10,12-13H2;1H. The smallest absolute Gasteiger partial charge is 0.242 e. The molecular formula is C18H25Cl2N3O2. The second-order valence-corrected chi connectivity index (χ2v) is 6.92. The lowest BCUT2D eigenvalue weighted by Crippen LogP contribution is -2.52. The van der Waals surface area contributed by atoms with E-state index < -0.39 is 0 Å². The number of amides is 2. The molecule has 2 saturated heterocycles. The first-order valence-corrected chi connectivity index (χ1v) is 9.06. The molecule has 7 heteroatoms. The first kappa shape index (κ1) is 20.0. The van der Waals surface area contributed by atoms with E-state index in [9.17, 15) is 9.59 Å². The number of benzene rings is 1. The monoisotopic (exact) mass is 385 g/mol. The zero-order chi connectivity index (χ0) is 16.9. The van der Waals surface area contributed by atoms with Crippen molar-refractivity contribution in [1.82, 2.24) is 15.1 Å². The molecule has 5 nitrogen and oxygen atoms in total. The molecule has 2 aliphatic rings. The quantitative estimate of drug-likeness (QED) is 0.869. The highest BCUT2D eigenvalue weighted by Gasteiger charge is 2.30. The van der Waals surface area contributed by atoms with Crippen LogP contribution in [0.25, 0.3) is 0 Å². The topological polar surface area (TPSA) is 52.7 Å². The van der Waals surface area contributed by atoms with Gasteiger partial charge in [-0.1, -0.05) is 30.2 Å². The Bertz CT molecular complexity index is 612. The highest BCUT2D eigenvalue weighted by atomic mass is 35.5. The number of nitrogens with one attached hydrogen (secondary N) is 1. The van der Waals surface area contributed by atoms with Crippen molar-refractivity contribution in [2.45, 2.75) is 31.7 Å². The van der Waals surface area contributed by atoms with Crippen molar-refractivity contribution < 1.29 is 9.59 Å². The number of likely N-dealkylation sites (tertiary alicyclic amines) is 1. The van der Waals surface area contributed by atoms with Gasteiger partial charge in [0.2, 0.25) is 11.8 Å². The Balaban J connectivity index is 0.00000225. The Morgan fingerprint density at radius 2 is 2.08 bits per heavy atom. The van der Waals surface area contributed by atoms with Crippen molar-refractivity contribution in [3.8, 4) is 0 Å². The highest BCUT2D eigenvalue weighted by molar-refractivity contribution is 6.30. The number of carbonyl (C=O) groups is 2. The number of hydrogen-bond donors (Lipinski definition) is 1. The van der Waals surface area contributed by atoms with Gasteiger partial charge in [-0.25, -0.2) is 0 Å². The molecule has 1 N–H and O–H groups in total. The average Bonchev–Trinajstić information content (AvgIpc) is 2.79. The Kier molecular flexibility index (Phi) is 7.54. The van der Waals surface area contributed by atoms with Crippen LogP contribution in [-0.2, 0) is 9.59 Å². The summed E-state index contributed by atoms with van der Waals surface area (Å²) in [7, 11) is 0. The molecule has 3 rings (SSSR count). The van der Waals surface area contributed by atoms with Gasteiger partial charge in [-0.15, -0.1) is 12.4 Å². The van der Waals surface area contributed by atoms with Crippen molar-refractivity contribution in [1.29, 1.82) is 0 Å². The lowest BCUT2D eigenvalue weighted by atomic mass is 10.0. The predicted octanol–water partition coefficient (Wildman–Crippen LogP) is 2.64. The molecule has 0 aromatic heterocycles. The summed E-state index contributed by atoms with van der Waals surface area (Å²) in [6.07, 6.45) is 3.54. The number of halogens is 2. The number of nitrogens with zero attached hydrogens (tertiary/aromatic N) is 2. The SMILES string of the molecule is Cl.O=C1CCCCCN1CC(=O)N1CCNCC1c1cccc(Cl)c1. The van der Waals surface area contributed by atoms with Gasteiger partial charge in [0.1, 0.15) is 0 Å². The van der Waals surface area contributed by atoms with Crippen molar-refractivity contribution in [2.75, 3.05) is 32.7 Å². The molecule has 2 aliphatic heterocycles. The summed E-state index contributed by atoms with van der Waals surface area (Å²) in [5.41, 5.74) is 1.03. The van der Waals surface area contributed by atoms with Crippen LogP contribution >= 0.6 is 24.0 Å². The van der Waals surface area contributed by atoms with Crippen molar-refractivity contribution in [3.05, 3.63) is 34.9 Å². The van der Waals surface area contributed by atoms with Crippen LogP contribution in [0, 0.1) is 0 Å². The van der Waals surface area contributed by atoms with Crippen LogP contribution in [0.5, 0.6) is 0 Å². The molecule has 0 saturated carbocycles. The molecule has 2 fully saturated rings. The second kappa shape index (κ2) is 9.41. The Morgan fingerprint density at radius 3 is 2.88 bits per heavy atom. The molecular weight excluding hydrogens is 361 g/mol. The summed E-state index contributed by atoms with van der Waals surface area (Å²) in [5.74, 6) is 0.131. The Hall–Kier alpha value is -1.30. The van der Waals surface area contributed by atoms with E-state index in [-0.39, 0.29) is 36.8 Å². The van der Waals surface area contributed by atoms with Crippen LogP contribution in [0.3, 0.4) is 0 Å². The van der Waals surface area contributed by atoms with Crippen LogP contribution in [0.4, 0.5) is 0 Å². The maximum Gasteiger partial charge on any atom is 0.242 e. The molecule has 1 unspecified atom stereocenters. The van der Waals surface area contributed by atoms with Crippen LogP contribution in [0.15, 0.2) is 24.3 Å². The molecule has 2 amide bonds. The summed E-state index contributed by atoms with van der Waals surface area (Å²) in [5, 5.41) is 4.02. The second-order valence-electron chi connectivity index (χ2n) is 6.49. The van der Waals surface area contributed by atoms with Gasteiger partial charge in [-0.3, -0.25) is 9.59 Å². The van der Waals surface area contributed by atoms with E-state index in [0.29, 0.717) is 31.1 Å². The summed E-state index contributed by atoms with van der Waals surface area (Å²) < 4.78 is 0. The van der Waals surface area contributed by atoms with Gasteiger partial charge in [-0.2, -0.15) is 0 Å². The predicted molar refractivity (Wildman–Crippen MR) is 101 cm³/mol. The first-order chi connectivity index (χ1) is 11.6. The molecule has 1 aromatic carbocycles. The van der Waals surface area contributed by atoms with Crippen LogP contribution in [0.1, 0.15) is 37.3 Å². The summed E-state index contributed by atoms with van der Waals surface area (Å²) in [4.78, 5) is 28.6. The third-order valence-electron chi connectivity index (χ3n) is 4.79. The summed E-state index contributed by atoms with van der Waals surface area (Å²) >= 11 is 6.11. The minimum atomic E-state index is -0.0352. The average molecular weight is 386 g/mol. The van der Waals surface area contributed by atoms with E-state index in [1.807, 2.05) is 29.2 Å². The van der Waals surface area contributed by atoms with E-state index in [1.165, 1.54) is 0 Å². The maximum atomic E-state index is 12.9. The zero-order valence-corrected chi connectivity index (χ0v) is 15.8. The van der Waals surface area contributed by atoms with Crippen LogP contribution in [0.2, 0.25) is 5.02 Å². The van der Waals surface area contributed by atoms with Gasteiger partial charge in [0.15, 0.2) is 0 Å². The molecule has 0 spiro atoms. The van der Waals surface area contributed by atoms with Crippen molar-refractivity contribution in [2.24, 2.45) is 0 Å². The van der Waals surface area contributed by atoms with E-state index in [2.05, 4.69) is 5.32 Å². The van der Waals surface area contributed by atoms with Crippen LogP contribution < -0.4 is 5.32 Å². The van der Waals surface area contributed by atoms with Gasteiger partial charge in [0.25, 0.3) is 0 Å². The number of carbonyl (C=O) groups excluding carboxylic acids is 2. The fourth-order valence-corrected chi connectivity index (χ4v) is 3.67. The number of hydrogen-bond acceptors (Lipinski definition) is 3. The van der Waals surface area contributed by atoms with E-state index in [0.717, 1.165) is 31.4 Å². The van der Waals surface area contributed by atoms with Gasteiger partial charge in [0.05, 0.1) is 12.6 Å². The molecule has 0 aliphatic carbocycles. The molecule has 0 radical (unpaired) electrons. The summed E-state index contributed by atoms with van der Waals surface area (Å²) in [6, 6.07) is 7.63. The molecule has 138 valence electrons. The third kappa shape index (κ3) is 5.09. The number of piperazine rings is 1. The Labute approximate surface area is 160 Å². The minimum Gasteiger partial charge on any atom is -0.333 e. The maximum absolute atomic E-state index is 12.9. The van der Waals surface area contributed by atoms with Gasteiger partial charge in [-0.05, 0) is 30.5 Å². The zero-order valence-electron chi connectivity index (χ0n) is 14.2. The fraction of sp³-hybridized carbons (Fsp3) is 0.556. The third-order valence-corrected chi connectivity index (χ3v) is 5.03. The van der Waals surface area contributed by atoms with Gasteiger partial charge in [0, 0.05) is 37.6 Å². The Morgan fingerprint density at radius 1 is 1.24 bits per heavy atom. The molecule has 2 heterocycles. The number of rotatable bonds is 3. The van der Waals surface area contributed by atoms with E-state index >= 15 is 0 Å². The molecule has 1 aromatic rings. The summed E-state index contributed by atoms with van der Waals surface area (Å²) in [6.45, 7) is 3.02. The van der Waals surface area contributed by atoms with E-state index in [4.69, 9.17) is 11.6 Å².